The lowest BCUT2D eigenvalue weighted by molar-refractivity contribution is -0.112. The zero-order chi connectivity index (χ0) is 16.1. The zero-order valence-electron chi connectivity index (χ0n) is 13.0. The zero-order valence-corrected chi connectivity index (χ0v) is 14.6. The second-order valence-electron chi connectivity index (χ2n) is 5.44. The van der Waals surface area contributed by atoms with Gasteiger partial charge in [-0.15, -0.1) is 0 Å². The van der Waals surface area contributed by atoms with Crippen LogP contribution in [0.15, 0.2) is 33.8 Å². The van der Waals surface area contributed by atoms with Gasteiger partial charge in [0.2, 0.25) is 0 Å². The summed E-state index contributed by atoms with van der Waals surface area (Å²) >= 11 is 3.30. The number of halogens is 1. The molecule has 0 aromatic heterocycles. The molecule has 0 spiro atoms. The van der Waals surface area contributed by atoms with Gasteiger partial charge in [-0.2, -0.15) is 0 Å². The van der Waals surface area contributed by atoms with Crippen molar-refractivity contribution in [3.63, 3.8) is 0 Å². The van der Waals surface area contributed by atoms with E-state index in [1.165, 1.54) is 7.11 Å². The van der Waals surface area contributed by atoms with E-state index >= 15 is 0 Å². The van der Waals surface area contributed by atoms with E-state index in [1.807, 2.05) is 12.2 Å². The van der Waals surface area contributed by atoms with Crippen LogP contribution in [0.1, 0.15) is 44.6 Å². The molecule has 1 aliphatic rings. The Morgan fingerprint density at radius 2 is 2.14 bits per heavy atom. The van der Waals surface area contributed by atoms with E-state index in [9.17, 15) is 9.90 Å². The van der Waals surface area contributed by atoms with Crippen LogP contribution in [0.4, 0.5) is 0 Å². The van der Waals surface area contributed by atoms with Gasteiger partial charge in [-0.3, -0.25) is 4.79 Å². The number of methoxy groups -OCH3 is 1. The number of carbonyl (C=O) groups is 1. The number of rotatable bonds is 6. The molecule has 1 N–H and O–H groups in total. The summed E-state index contributed by atoms with van der Waals surface area (Å²) in [6.45, 7) is 2.16. The van der Waals surface area contributed by atoms with Crippen molar-refractivity contribution in [2.24, 2.45) is 0 Å². The fraction of sp³-hybridized carbons (Fsp3) is 0.389. The Bertz CT molecular complexity index is 629. The fourth-order valence-corrected chi connectivity index (χ4v) is 3.02. The van der Waals surface area contributed by atoms with Crippen LogP contribution in [0.5, 0.6) is 11.5 Å². The topological polar surface area (TPSA) is 46.5 Å². The van der Waals surface area contributed by atoms with Gasteiger partial charge in [0.05, 0.1) is 11.6 Å². The molecule has 1 aliphatic carbocycles. The lowest BCUT2D eigenvalue weighted by Crippen LogP contribution is -1.99. The fourth-order valence-electron chi connectivity index (χ4n) is 2.56. The summed E-state index contributed by atoms with van der Waals surface area (Å²) < 4.78 is 5.69. The molecule has 0 aliphatic heterocycles. The minimum atomic E-state index is 0.0702. The number of phenolic OH excluding ortho intramolecular Hbond substituents is 1. The molecule has 0 saturated heterocycles. The van der Waals surface area contributed by atoms with E-state index in [4.69, 9.17) is 4.74 Å². The van der Waals surface area contributed by atoms with Crippen molar-refractivity contribution in [2.75, 3.05) is 7.11 Å². The molecule has 118 valence electrons. The molecular formula is C18H21BrO3. The number of carbonyl (C=O) groups excluding carboxylic acids is 1. The van der Waals surface area contributed by atoms with Crippen LogP contribution in [0.2, 0.25) is 0 Å². The Hall–Kier alpha value is -1.55. The molecule has 1 aromatic rings. The molecule has 0 unspecified atom stereocenters. The minimum Gasteiger partial charge on any atom is -0.503 e. The van der Waals surface area contributed by atoms with Crippen molar-refractivity contribution >= 4 is 27.8 Å². The second kappa shape index (κ2) is 7.63. The highest BCUT2D eigenvalue weighted by Gasteiger charge is 2.20. The Morgan fingerprint density at radius 1 is 1.36 bits per heavy atom. The van der Waals surface area contributed by atoms with Crippen molar-refractivity contribution in [3.8, 4) is 11.5 Å². The van der Waals surface area contributed by atoms with Gasteiger partial charge in [-0.05, 0) is 64.5 Å². The average molecular weight is 365 g/mol. The van der Waals surface area contributed by atoms with Gasteiger partial charge in [0, 0.05) is 5.57 Å². The van der Waals surface area contributed by atoms with Gasteiger partial charge in [-0.1, -0.05) is 25.8 Å². The van der Waals surface area contributed by atoms with Gasteiger partial charge in [0.1, 0.15) is 0 Å². The summed E-state index contributed by atoms with van der Waals surface area (Å²) in [6.07, 6.45) is 8.85. The largest absolute Gasteiger partial charge is 0.503 e. The monoisotopic (exact) mass is 364 g/mol. The van der Waals surface area contributed by atoms with Crippen LogP contribution >= 0.6 is 15.9 Å². The molecule has 4 heteroatoms. The molecule has 0 heterocycles. The van der Waals surface area contributed by atoms with Crippen LogP contribution in [0.25, 0.3) is 6.08 Å². The summed E-state index contributed by atoms with van der Waals surface area (Å²) in [5.74, 6) is 0.614. The van der Waals surface area contributed by atoms with Gasteiger partial charge in [-0.25, -0.2) is 0 Å². The summed E-state index contributed by atoms with van der Waals surface area (Å²) in [7, 11) is 1.51. The normalized spacial score (nSPS) is 16.2. The van der Waals surface area contributed by atoms with Crippen LogP contribution < -0.4 is 4.74 Å². The first-order chi connectivity index (χ1) is 10.6. The number of benzene rings is 1. The smallest absolute Gasteiger partial charge is 0.185 e. The molecule has 0 bridgehead atoms. The number of ketones is 1. The molecule has 3 nitrogen and oxygen atoms in total. The molecule has 0 atom stereocenters. The van der Waals surface area contributed by atoms with E-state index in [2.05, 4.69) is 22.9 Å². The van der Waals surface area contributed by atoms with E-state index in [0.29, 0.717) is 16.6 Å². The number of ether oxygens (including phenoxy) is 1. The maximum Gasteiger partial charge on any atom is 0.185 e. The Labute approximate surface area is 139 Å². The Kier molecular flexibility index (Phi) is 5.83. The molecule has 1 aromatic carbocycles. The minimum absolute atomic E-state index is 0.0702. The number of unbranched alkanes of at least 4 members (excludes halogenated alkanes) is 2. The number of allylic oxidation sites excluding steroid dienone is 3. The number of hydrogen-bond donors (Lipinski definition) is 1. The van der Waals surface area contributed by atoms with Crippen molar-refractivity contribution in [1.82, 2.24) is 0 Å². The maximum atomic E-state index is 12.4. The van der Waals surface area contributed by atoms with Gasteiger partial charge in [0.15, 0.2) is 17.3 Å². The summed E-state index contributed by atoms with van der Waals surface area (Å²) in [4.78, 5) is 12.4. The molecule has 0 saturated carbocycles. The van der Waals surface area contributed by atoms with Gasteiger partial charge < -0.3 is 9.84 Å². The lowest BCUT2D eigenvalue weighted by atomic mass is 10.0. The molecule has 0 radical (unpaired) electrons. The number of hydrogen-bond acceptors (Lipinski definition) is 3. The molecule has 0 fully saturated rings. The second-order valence-corrected chi connectivity index (χ2v) is 6.30. The number of aromatic hydroxyl groups is 1. The third kappa shape index (κ3) is 3.80. The first-order valence-corrected chi connectivity index (χ1v) is 8.37. The van der Waals surface area contributed by atoms with E-state index in [1.54, 1.807) is 12.1 Å². The standard InChI is InChI=1S/C18H21BrO3/c1-3-4-5-6-13-7-8-14(17(13)20)9-12-10-15(19)18(21)16(11-12)22-2/h7,9-11,21H,3-6,8H2,1-2H3/b14-9+. The molecule has 0 amide bonds. The number of Topliss-reactive ketones (excluding diaryl/α,β-unsaturated/α-hetero) is 1. The van der Waals surface area contributed by atoms with Crippen LogP contribution in [0.3, 0.4) is 0 Å². The maximum absolute atomic E-state index is 12.4. The quantitative estimate of drug-likeness (QED) is 0.568. The lowest BCUT2D eigenvalue weighted by Gasteiger charge is -2.07. The van der Waals surface area contributed by atoms with Crippen LogP contribution in [-0.4, -0.2) is 18.0 Å². The van der Waals surface area contributed by atoms with Gasteiger partial charge >= 0.3 is 0 Å². The Balaban J connectivity index is 2.15. The van der Waals surface area contributed by atoms with E-state index in [0.717, 1.165) is 42.4 Å². The van der Waals surface area contributed by atoms with Crippen LogP contribution in [0, 0.1) is 0 Å². The molecular weight excluding hydrogens is 344 g/mol. The highest BCUT2D eigenvalue weighted by atomic mass is 79.9. The highest BCUT2D eigenvalue weighted by Crippen LogP contribution is 2.36. The van der Waals surface area contributed by atoms with Crippen molar-refractivity contribution < 1.29 is 14.6 Å². The first kappa shape index (κ1) is 16.8. The van der Waals surface area contributed by atoms with Crippen molar-refractivity contribution in [3.05, 3.63) is 39.4 Å². The SMILES string of the molecule is CCCCCC1=CC/C(=C\c2cc(Br)c(O)c(OC)c2)C1=O. The highest BCUT2D eigenvalue weighted by molar-refractivity contribution is 9.10. The molecule has 2 rings (SSSR count). The van der Waals surface area contributed by atoms with Gasteiger partial charge in [0.25, 0.3) is 0 Å². The third-order valence-corrected chi connectivity index (χ3v) is 4.42. The summed E-state index contributed by atoms with van der Waals surface area (Å²) in [5.41, 5.74) is 2.57. The number of phenols is 1. The summed E-state index contributed by atoms with van der Waals surface area (Å²) in [6, 6.07) is 3.52. The first-order valence-electron chi connectivity index (χ1n) is 7.57. The van der Waals surface area contributed by atoms with E-state index < -0.39 is 0 Å². The van der Waals surface area contributed by atoms with E-state index in [-0.39, 0.29) is 11.5 Å². The van der Waals surface area contributed by atoms with Crippen LogP contribution in [-0.2, 0) is 4.79 Å². The van der Waals surface area contributed by atoms with Crippen molar-refractivity contribution in [1.29, 1.82) is 0 Å². The summed E-state index contributed by atoms with van der Waals surface area (Å²) in [5, 5.41) is 9.83. The third-order valence-electron chi connectivity index (χ3n) is 3.81. The molecule has 22 heavy (non-hydrogen) atoms. The Morgan fingerprint density at radius 3 is 2.82 bits per heavy atom. The average Bonchev–Trinajstić information content (AvgIpc) is 2.84. The predicted molar refractivity (Wildman–Crippen MR) is 92.2 cm³/mol. The predicted octanol–water partition coefficient (Wildman–Crippen LogP) is 5.03. The van der Waals surface area contributed by atoms with Crippen molar-refractivity contribution in [2.45, 2.75) is 39.0 Å².